The van der Waals surface area contributed by atoms with Crippen LogP contribution in [-0.2, 0) is 23.5 Å². The highest BCUT2D eigenvalue weighted by Crippen LogP contribution is 2.21. The molecule has 158 valence electrons. The number of aliphatic hydroxyl groups is 1. The Labute approximate surface area is 175 Å². The number of rotatable bonds is 8. The van der Waals surface area contributed by atoms with Gasteiger partial charge < -0.3 is 9.67 Å². The molecule has 8 heteroatoms. The van der Waals surface area contributed by atoms with Crippen molar-refractivity contribution >= 4 is 21.5 Å². The van der Waals surface area contributed by atoms with Gasteiger partial charge in [0.2, 0.25) is 15.8 Å². The number of aryl methyl sites for hydroxylation is 1. The Kier molecular flexibility index (Phi) is 6.38. The highest BCUT2D eigenvalue weighted by Gasteiger charge is 2.16. The van der Waals surface area contributed by atoms with Crippen LogP contribution in [0, 0.1) is 12.7 Å². The predicted molar refractivity (Wildman–Crippen MR) is 114 cm³/mol. The van der Waals surface area contributed by atoms with Crippen molar-refractivity contribution in [3.63, 3.8) is 0 Å². The molecule has 0 saturated carbocycles. The number of carbonyl (C=O) groups excluding carboxylic acids is 1. The molecule has 6 nitrogen and oxygen atoms in total. The second-order valence-corrected chi connectivity index (χ2v) is 8.93. The number of aromatic nitrogens is 1. The van der Waals surface area contributed by atoms with Crippen molar-refractivity contribution in [1.29, 1.82) is 0 Å². The summed E-state index contributed by atoms with van der Waals surface area (Å²) in [6.07, 6.45) is 0.243. The number of sulfonamides is 1. The number of aliphatic hydroxyl groups excluding tert-OH is 1. The number of anilines is 1. The summed E-state index contributed by atoms with van der Waals surface area (Å²) < 4.78 is 41.9. The van der Waals surface area contributed by atoms with Crippen molar-refractivity contribution in [3.8, 4) is 0 Å². The fraction of sp³-hybridized carbons (Fsp3) is 0.227. The average molecular weight is 431 g/mol. The van der Waals surface area contributed by atoms with Crippen molar-refractivity contribution in [2.75, 3.05) is 17.1 Å². The zero-order chi connectivity index (χ0) is 21.9. The first-order valence-corrected chi connectivity index (χ1v) is 11.0. The molecule has 0 atom stereocenters. The van der Waals surface area contributed by atoms with Crippen molar-refractivity contribution in [1.82, 2.24) is 4.57 Å². The van der Waals surface area contributed by atoms with Crippen molar-refractivity contribution < 1.29 is 22.7 Å². The molecule has 0 aliphatic rings. The van der Waals surface area contributed by atoms with E-state index in [4.69, 9.17) is 5.11 Å². The summed E-state index contributed by atoms with van der Waals surface area (Å²) in [7, 11) is -1.97. The Hall–Kier alpha value is -2.97. The maximum atomic E-state index is 14.5. The molecule has 1 heterocycles. The van der Waals surface area contributed by atoms with Crippen LogP contribution in [-0.4, -0.2) is 36.2 Å². The van der Waals surface area contributed by atoms with Crippen LogP contribution in [0.25, 0.3) is 0 Å². The molecule has 3 aromatic rings. The lowest BCUT2D eigenvalue weighted by Crippen LogP contribution is -2.19. The van der Waals surface area contributed by atoms with Gasteiger partial charge in [0.15, 0.2) is 0 Å². The largest absolute Gasteiger partial charge is 0.395 e. The van der Waals surface area contributed by atoms with Gasteiger partial charge in [-0.3, -0.25) is 9.52 Å². The van der Waals surface area contributed by atoms with Crippen LogP contribution >= 0.6 is 0 Å². The fourth-order valence-corrected chi connectivity index (χ4v) is 3.94. The van der Waals surface area contributed by atoms with Gasteiger partial charge in [0.1, 0.15) is 5.82 Å². The van der Waals surface area contributed by atoms with Crippen LogP contribution in [0.15, 0.2) is 54.6 Å². The van der Waals surface area contributed by atoms with Gasteiger partial charge in [-0.25, -0.2) is 12.8 Å². The number of benzene rings is 2. The van der Waals surface area contributed by atoms with E-state index in [2.05, 4.69) is 4.72 Å². The van der Waals surface area contributed by atoms with E-state index in [0.29, 0.717) is 16.8 Å². The average Bonchev–Trinajstić information content (AvgIpc) is 3.04. The number of nitrogens with zero attached hydrogens (tertiary/aromatic N) is 1. The maximum Gasteiger partial charge on any atom is 0.234 e. The molecule has 0 radical (unpaired) electrons. The molecule has 0 aliphatic heterocycles. The quantitative estimate of drug-likeness (QED) is 0.538. The minimum absolute atomic E-state index is 0.0896. The summed E-state index contributed by atoms with van der Waals surface area (Å²) in [5.41, 5.74) is 3.36. The predicted octanol–water partition coefficient (Wildman–Crippen LogP) is 3.03. The van der Waals surface area contributed by atoms with Crippen LogP contribution < -0.4 is 4.72 Å². The van der Waals surface area contributed by atoms with Gasteiger partial charge in [0, 0.05) is 24.7 Å². The number of ketones is 1. The van der Waals surface area contributed by atoms with Crippen LogP contribution in [0.5, 0.6) is 0 Å². The molecular weight excluding hydrogens is 407 g/mol. The standard InChI is InChI=1S/C22H23FN2O4S/c1-15-3-5-16(6-4-15)22(27)21-10-9-19(25(21)2)13-17-7-8-18(14-20(17)23)24-30(28,29)12-11-26/h3-10,14,24,26H,11-13H2,1-2H3. The summed E-state index contributed by atoms with van der Waals surface area (Å²) in [5, 5.41) is 8.78. The van der Waals surface area contributed by atoms with Gasteiger partial charge in [-0.1, -0.05) is 35.9 Å². The van der Waals surface area contributed by atoms with Crippen LogP contribution in [0.1, 0.15) is 32.9 Å². The molecule has 0 unspecified atom stereocenters. The summed E-state index contributed by atoms with van der Waals surface area (Å²) in [6.45, 7) is 1.43. The van der Waals surface area contributed by atoms with Crippen molar-refractivity contribution in [2.45, 2.75) is 13.3 Å². The van der Waals surface area contributed by atoms with Crippen molar-refractivity contribution in [2.24, 2.45) is 7.05 Å². The first-order chi connectivity index (χ1) is 14.2. The van der Waals surface area contributed by atoms with Crippen LogP contribution in [0.2, 0.25) is 0 Å². The van der Waals surface area contributed by atoms with E-state index in [-0.39, 0.29) is 17.9 Å². The van der Waals surface area contributed by atoms with E-state index in [1.54, 1.807) is 35.9 Å². The molecule has 0 fully saturated rings. The molecule has 0 bridgehead atoms. The third-order valence-electron chi connectivity index (χ3n) is 4.83. The molecule has 30 heavy (non-hydrogen) atoms. The van der Waals surface area contributed by atoms with E-state index in [0.717, 1.165) is 17.3 Å². The van der Waals surface area contributed by atoms with Gasteiger partial charge in [-0.2, -0.15) is 0 Å². The summed E-state index contributed by atoms with van der Waals surface area (Å²) >= 11 is 0. The van der Waals surface area contributed by atoms with E-state index >= 15 is 0 Å². The molecular formula is C22H23FN2O4S. The van der Waals surface area contributed by atoms with Gasteiger partial charge in [0.05, 0.1) is 23.7 Å². The first-order valence-electron chi connectivity index (χ1n) is 9.36. The number of hydrogen-bond acceptors (Lipinski definition) is 4. The molecule has 3 rings (SSSR count). The summed E-state index contributed by atoms with van der Waals surface area (Å²) in [6, 6.07) is 14.9. The molecule has 0 saturated heterocycles. The van der Waals surface area contributed by atoms with Crippen molar-refractivity contribution in [3.05, 3.63) is 88.5 Å². The number of halogens is 1. The molecule has 0 amide bonds. The lowest BCUT2D eigenvalue weighted by molar-refractivity contribution is 0.103. The normalized spacial score (nSPS) is 11.5. The third-order valence-corrected chi connectivity index (χ3v) is 6.10. The van der Waals surface area contributed by atoms with E-state index in [1.807, 2.05) is 19.1 Å². The van der Waals surface area contributed by atoms with E-state index in [9.17, 15) is 17.6 Å². The topological polar surface area (TPSA) is 88.4 Å². The van der Waals surface area contributed by atoms with E-state index < -0.39 is 28.2 Å². The van der Waals surface area contributed by atoms with Crippen LogP contribution in [0.4, 0.5) is 10.1 Å². The monoisotopic (exact) mass is 430 g/mol. The summed E-state index contributed by atoms with van der Waals surface area (Å²) in [4.78, 5) is 12.8. The third kappa shape index (κ3) is 4.95. The second kappa shape index (κ2) is 8.81. The molecule has 0 aliphatic carbocycles. The Balaban J connectivity index is 1.79. The van der Waals surface area contributed by atoms with Crippen LogP contribution in [0.3, 0.4) is 0 Å². The SMILES string of the molecule is Cc1ccc(C(=O)c2ccc(Cc3ccc(NS(=O)(=O)CCO)cc3F)n2C)cc1. The van der Waals surface area contributed by atoms with E-state index in [1.165, 1.54) is 12.1 Å². The maximum absolute atomic E-state index is 14.5. The highest BCUT2D eigenvalue weighted by atomic mass is 32.2. The molecule has 2 N–H and O–H groups in total. The molecule has 1 aromatic heterocycles. The Bertz CT molecular complexity index is 1170. The van der Waals surface area contributed by atoms with Gasteiger partial charge >= 0.3 is 0 Å². The zero-order valence-corrected chi connectivity index (χ0v) is 17.5. The zero-order valence-electron chi connectivity index (χ0n) is 16.7. The number of hydrogen-bond donors (Lipinski definition) is 2. The molecule has 2 aromatic carbocycles. The van der Waals surface area contributed by atoms with Gasteiger partial charge in [-0.05, 0) is 36.8 Å². The Morgan fingerprint density at radius 1 is 1.10 bits per heavy atom. The lowest BCUT2D eigenvalue weighted by Gasteiger charge is -2.11. The highest BCUT2D eigenvalue weighted by molar-refractivity contribution is 7.92. The number of carbonyl (C=O) groups is 1. The van der Waals surface area contributed by atoms with Gasteiger partial charge in [-0.15, -0.1) is 0 Å². The minimum atomic E-state index is -3.72. The Morgan fingerprint density at radius 2 is 1.80 bits per heavy atom. The lowest BCUT2D eigenvalue weighted by atomic mass is 10.1. The smallest absolute Gasteiger partial charge is 0.234 e. The fourth-order valence-electron chi connectivity index (χ4n) is 3.11. The summed E-state index contributed by atoms with van der Waals surface area (Å²) in [5.74, 6) is -1.14. The first kappa shape index (κ1) is 21.7. The second-order valence-electron chi connectivity index (χ2n) is 7.09. The minimum Gasteiger partial charge on any atom is -0.395 e. The molecule has 0 spiro atoms. The van der Waals surface area contributed by atoms with Gasteiger partial charge in [0.25, 0.3) is 0 Å². The number of nitrogens with one attached hydrogen (secondary N) is 1. The Morgan fingerprint density at radius 3 is 2.43 bits per heavy atom.